The monoisotopic (exact) mass is 369 g/mol. The van der Waals surface area contributed by atoms with Gasteiger partial charge in [-0.25, -0.2) is 4.79 Å². The second-order valence-corrected chi connectivity index (χ2v) is 5.65. The smallest absolute Gasteiger partial charge is 0.321 e. The van der Waals surface area contributed by atoms with Crippen LogP contribution in [0.2, 0.25) is 0 Å². The van der Waals surface area contributed by atoms with Crippen LogP contribution in [-0.4, -0.2) is 66.9 Å². The predicted molar refractivity (Wildman–Crippen MR) is 97.7 cm³/mol. The highest BCUT2D eigenvalue weighted by Crippen LogP contribution is 2.11. The minimum absolute atomic E-state index is 0. The highest BCUT2D eigenvalue weighted by Gasteiger charge is 2.24. The van der Waals surface area contributed by atoms with E-state index in [1.54, 1.807) is 9.80 Å². The molecule has 0 aromatic heterocycles. The minimum Gasteiger partial charge on any atom is -0.346 e. The molecule has 1 aromatic rings. The molecule has 2 rings (SSSR count). The lowest BCUT2D eigenvalue weighted by molar-refractivity contribution is -0.133. The lowest BCUT2D eigenvalue weighted by atomic mass is 10.2. The van der Waals surface area contributed by atoms with Crippen molar-refractivity contribution in [2.75, 3.05) is 44.6 Å². The fraction of sp³-hybridized carbons (Fsp3) is 0.438. The molecule has 0 radical (unpaired) electrons. The van der Waals surface area contributed by atoms with Crippen LogP contribution < -0.4 is 16.4 Å². The molecule has 9 heteroatoms. The molecule has 1 saturated heterocycles. The number of hydrogen-bond donors (Lipinski definition) is 3. The van der Waals surface area contributed by atoms with Gasteiger partial charge < -0.3 is 26.2 Å². The fourth-order valence-corrected chi connectivity index (χ4v) is 2.44. The first-order chi connectivity index (χ1) is 11.5. The van der Waals surface area contributed by atoms with Crippen LogP contribution in [0.4, 0.5) is 10.5 Å². The minimum atomic E-state index is -0.362. The molecule has 138 valence electrons. The van der Waals surface area contributed by atoms with Gasteiger partial charge in [-0.2, -0.15) is 0 Å². The number of anilines is 1. The molecule has 8 nitrogen and oxygen atoms in total. The number of aryl methyl sites for hydroxylation is 1. The number of benzene rings is 1. The maximum absolute atomic E-state index is 12.2. The van der Waals surface area contributed by atoms with Crippen molar-refractivity contribution in [2.24, 2.45) is 5.73 Å². The molecule has 0 unspecified atom stereocenters. The summed E-state index contributed by atoms with van der Waals surface area (Å²) >= 11 is 0. The summed E-state index contributed by atoms with van der Waals surface area (Å²) in [5.74, 6) is -0.532. The van der Waals surface area contributed by atoms with Crippen LogP contribution >= 0.6 is 12.4 Å². The van der Waals surface area contributed by atoms with E-state index in [4.69, 9.17) is 5.73 Å². The Morgan fingerprint density at radius 3 is 2.36 bits per heavy atom. The van der Waals surface area contributed by atoms with E-state index >= 15 is 0 Å². The molecule has 0 spiro atoms. The number of carbonyl (C=O) groups is 3. The predicted octanol–water partition coefficient (Wildman–Crippen LogP) is 0.168. The Morgan fingerprint density at radius 1 is 1.12 bits per heavy atom. The Labute approximate surface area is 153 Å². The number of piperazine rings is 1. The van der Waals surface area contributed by atoms with Crippen LogP contribution in [0.5, 0.6) is 0 Å². The van der Waals surface area contributed by atoms with Crippen LogP contribution in [0.25, 0.3) is 0 Å². The number of rotatable bonds is 4. The van der Waals surface area contributed by atoms with Gasteiger partial charge in [0.15, 0.2) is 0 Å². The quantitative estimate of drug-likeness (QED) is 0.703. The average molecular weight is 370 g/mol. The first-order valence-electron chi connectivity index (χ1n) is 7.86. The molecule has 4 amide bonds. The van der Waals surface area contributed by atoms with Crippen molar-refractivity contribution in [1.29, 1.82) is 0 Å². The average Bonchev–Trinajstić information content (AvgIpc) is 2.59. The maximum Gasteiger partial charge on any atom is 0.321 e. The van der Waals surface area contributed by atoms with E-state index in [1.807, 2.05) is 31.2 Å². The van der Waals surface area contributed by atoms with Crippen molar-refractivity contribution in [1.82, 2.24) is 15.1 Å². The number of carbonyl (C=O) groups excluding carboxylic acids is 3. The van der Waals surface area contributed by atoms with Crippen molar-refractivity contribution in [2.45, 2.75) is 6.92 Å². The molecule has 4 N–H and O–H groups in total. The summed E-state index contributed by atoms with van der Waals surface area (Å²) in [4.78, 5) is 38.6. The Hall–Kier alpha value is -2.32. The summed E-state index contributed by atoms with van der Waals surface area (Å²) in [7, 11) is 0. The molecule has 1 heterocycles. The highest BCUT2D eigenvalue weighted by atomic mass is 35.5. The largest absolute Gasteiger partial charge is 0.346 e. The Kier molecular flexibility index (Phi) is 8.17. The van der Waals surface area contributed by atoms with Gasteiger partial charge in [0.1, 0.15) is 0 Å². The van der Waals surface area contributed by atoms with Crippen LogP contribution in [0.15, 0.2) is 24.3 Å². The molecule has 1 aliphatic heterocycles. The number of nitrogens with two attached hydrogens (primary N) is 1. The number of halogens is 1. The van der Waals surface area contributed by atoms with Crippen LogP contribution in [0.1, 0.15) is 5.56 Å². The first kappa shape index (κ1) is 20.7. The second-order valence-electron chi connectivity index (χ2n) is 5.65. The van der Waals surface area contributed by atoms with E-state index in [9.17, 15) is 14.4 Å². The van der Waals surface area contributed by atoms with Gasteiger partial charge in [0, 0.05) is 31.9 Å². The van der Waals surface area contributed by atoms with E-state index < -0.39 is 0 Å². The van der Waals surface area contributed by atoms with E-state index in [2.05, 4.69) is 10.6 Å². The summed E-state index contributed by atoms with van der Waals surface area (Å²) in [6, 6.07) is 7.41. The summed E-state index contributed by atoms with van der Waals surface area (Å²) in [5.41, 5.74) is 7.00. The van der Waals surface area contributed by atoms with E-state index in [0.717, 1.165) is 11.3 Å². The van der Waals surface area contributed by atoms with Gasteiger partial charge in [0.05, 0.1) is 13.1 Å². The molecule has 25 heavy (non-hydrogen) atoms. The number of hydrogen-bond acceptors (Lipinski definition) is 4. The second kappa shape index (κ2) is 9.85. The van der Waals surface area contributed by atoms with Gasteiger partial charge in [-0.1, -0.05) is 12.1 Å². The molecule has 0 atom stereocenters. The summed E-state index contributed by atoms with van der Waals surface area (Å²) < 4.78 is 0. The number of urea groups is 1. The van der Waals surface area contributed by atoms with Crippen molar-refractivity contribution in [3.8, 4) is 0 Å². The molecule has 0 bridgehead atoms. The van der Waals surface area contributed by atoms with Crippen molar-refractivity contribution in [3.05, 3.63) is 29.8 Å². The lowest BCUT2D eigenvalue weighted by Crippen LogP contribution is -2.53. The number of amides is 4. The van der Waals surface area contributed by atoms with E-state index in [1.165, 1.54) is 0 Å². The molecule has 1 fully saturated rings. The van der Waals surface area contributed by atoms with Gasteiger partial charge in [0.25, 0.3) is 0 Å². The molecule has 1 aliphatic rings. The van der Waals surface area contributed by atoms with Gasteiger partial charge in [-0.05, 0) is 24.6 Å². The van der Waals surface area contributed by atoms with Crippen LogP contribution in [-0.2, 0) is 9.59 Å². The normalized spacial score (nSPS) is 13.7. The molecule has 0 saturated carbocycles. The first-order valence-corrected chi connectivity index (χ1v) is 7.86. The van der Waals surface area contributed by atoms with Gasteiger partial charge in [0.2, 0.25) is 11.8 Å². The summed E-state index contributed by atoms with van der Waals surface area (Å²) in [5, 5.41) is 5.31. The Balaban J connectivity index is 0.00000312. The SMILES string of the molecule is Cc1cccc(NC(=O)N2CCN(C(=O)CNC(=O)CN)CC2)c1.Cl. The maximum atomic E-state index is 12.2. The third kappa shape index (κ3) is 6.24. The van der Waals surface area contributed by atoms with Crippen LogP contribution in [0.3, 0.4) is 0 Å². The molecule has 1 aromatic carbocycles. The van der Waals surface area contributed by atoms with E-state index in [0.29, 0.717) is 26.2 Å². The molecule has 0 aliphatic carbocycles. The van der Waals surface area contributed by atoms with Gasteiger partial charge in [-0.3, -0.25) is 9.59 Å². The van der Waals surface area contributed by atoms with Gasteiger partial charge in [-0.15, -0.1) is 12.4 Å². The molecular weight excluding hydrogens is 346 g/mol. The summed E-state index contributed by atoms with van der Waals surface area (Å²) in [6.45, 7) is 3.55. The standard InChI is InChI=1S/C16H23N5O3.ClH/c1-12-3-2-4-13(9-12)19-16(24)21-7-5-20(6-8-21)15(23)11-18-14(22)10-17;/h2-4,9H,5-8,10-11,17H2,1H3,(H,18,22)(H,19,24);1H. The Morgan fingerprint density at radius 2 is 1.76 bits per heavy atom. The van der Waals surface area contributed by atoms with Gasteiger partial charge >= 0.3 is 6.03 Å². The topological polar surface area (TPSA) is 108 Å². The van der Waals surface area contributed by atoms with E-state index in [-0.39, 0.29) is 43.3 Å². The third-order valence-electron chi connectivity index (χ3n) is 3.81. The summed E-state index contributed by atoms with van der Waals surface area (Å²) in [6.07, 6.45) is 0. The van der Waals surface area contributed by atoms with Crippen molar-refractivity contribution in [3.63, 3.8) is 0 Å². The number of nitrogens with zero attached hydrogens (tertiary/aromatic N) is 2. The molecular formula is C16H24ClN5O3. The van der Waals surface area contributed by atoms with Crippen molar-refractivity contribution >= 4 is 35.9 Å². The number of nitrogens with one attached hydrogen (secondary N) is 2. The zero-order valence-electron chi connectivity index (χ0n) is 14.2. The zero-order valence-corrected chi connectivity index (χ0v) is 15.0. The van der Waals surface area contributed by atoms with Crippen LogP contribution in [0, 0.1) is 6.92 Å². The Bertz CT molecular complexity index is 618. The third-order valence-corrected chi connectivity index (χ3v) is 3.81. The zero-order chi connectivity index (χ0) is 17.5. The lowest BCUT2D eigenvalue weighted by Gasteiger charge is -2.34. The van der Waals surface area contributed by atoms with Crippen molar-refractivity contribution < 1.29 is 14.4 Å². The fourth-order valence-electron chi connectivity index (χ4n) is 2.44. The highest BCUT2D eigenvalue weighted by molar-refractivity contribution is 5.90.